The summed E-state index contributed by atoms with van der Waals surface area (Å²) < 4.78 is 21.5. The Hall–Kier alpha value is -2.60. The van der Waals surface area contributed by atoms with Gasteiger partial charge in [-0.25, -0.2) is 4.39 Å². The van der Waals surface area contributed by atoms with E-state index in [1.807, 2.05) is 45.0 Å². The minimum absolute atomic E-state index is 0.0685. The minimum atomic E-state index is -1.14. The van der Waals surface area contributed by atoms with E-state index in [2.05, 4.69) is 18.7 Å². The van der Waals surface area contributed by atoms with Gasteiger partial charge in [0.25, 0.3) is 0 Å². The van der Waals surface area contributed by atoms with Crippen LogP contribution < -0.4 is 9.84 Å². The Bertz CT molecular complexity index is 1140. The first kappa shape index (κ1) is 24.1. The third kappa shape index (κ3) is 4.31. The lowest BCUT2D eigenvalue weighted by molar-refractivity contribution is -0.276. The standard InChI is InChI=1S/C29H37FN2O3/c1-17(2)35-21-6-7-22(18(3)12-21)24-13-20-15-29(4,5)27(23(20)14-25(24)30)32(28(33)34)26-16-31-10-8-19(26)9-11-31/h6-7,12-14,17,19,26-27H,8-11,15-16H2,1-5H3,(H,33,34)/p-1/t26-,27+/m1/s1. The number of amides is 1. The van der Waals surface area contributed by atoms with Gasteiger partial charge in [-0.05, 0) is 111 Å². The quantitative estimate of drug-likeness (QED) is 0.609. The minimum Gasteiger partial charge on any atom is -0.530 e. The second-order valence-electron chi connectivity index (χ2n) is 11.6. The number of piperidine rings is 3. The van der Waals surface area contributed by atoms with Crippen LogP contribution >= 0.6 is 0 Å². The summed E-state index contributed by atoms with van der Waals surface area (Å²) in [5.74, 6) is 0.793. The molecule has 6 heteroatoms. The Morgan fingerprint density at radius 1 is 1.17 bits per heavy atom. The fourth-order valence-corrected chi connectivity index (χ4v) is 6.75. The molecule has 5 nitrogen and oxygen atoms in total. The van der Waals surface area contributed by atoms with Crippen molar-refractivity contribution < 1.29 is 19.0 Å². The predicted molar refractivity (Wildman–Crippen MR) is 133 cm³/mol. The number of benzene rings is 2. The lowest BCUT2D eigenvalue weighted by Gasteiger charge is -2.53. The van der Waals surface area contributed by atoms with Crippen molar-refractivity contribution in [2.75, 3.05) is 19.6 Å². The van der Waals surface area contributed by atoms with Gasteiger partial charge >= 0.3 is 0 Å². The Morgan fingerprint density at radius 2 is 1.89 bits per heavy atom. The lowest BCUT2D eigenvalue weighted by atomic mass is 9.79. The molecule has 188 valence electrons. The molecule has 4 aliphatic rings. The van der Waals surface area contributed by atoms with E-state index in [1.165, 1.54) is 0 Å². The van der Waals surface area contributed by atoms with Crippen LogP contribution in [0, 0.1) is 24.1 Å². The number of carbonyl (C=O) groups excluding carboxylic acids is 1. The molecule has 0 unspecified atom stereocenters. The van der Waals surface area contributed by atoms with E-state index in [0.717, 1.165) is 60.5 Å². The highest BCUT2D eigenvalue weighted by atomic mass is 19.1. The molecule has 0 radical (unpaired) electrons. The van der Waals surface area contributed by atoms with Gasteiger partial charge in [0.2, 0.25) is 0 Å². The van der Waals surface area contributed by atoms with Crippen LogP contribution in [0.3, 0.4) is 0 Å². The van der Waals surface area contributed by atoms with Gasteiger partial charge < -0.3 is 24.4 Å². The first-order valence-electron chi connectivity index (χ1n) is 12.9. The Balaban J connectivity index is 1.53. The van der Waals surface area contributed by atoms with E-state index in [0.29, 0.717) is 17.9 Å². The maximum Gasteiger partial charge on any atom is 0.137 e. The molecule has 2 bridgehead atoms. The molecular formula is C29H36FN2O3-. The van der Waals surface area contributed by atoms with Crippen LogP contribution in [0.25, 0.3) is 11.1 Å². The number of carboxylic acid groups (broad SMARTS) is 1. The molecule has 3 fully saturated rings. The van der Waals surface area contributed by atoms with E-state index in [-0.39, 0.29) is 23.4 Å². The molecule has 2 atom stereocenters. The van der Waals surface area contributed by atoms with Crippen molar-refractivity contribution in [3.63, 3.8) is 0 Å². The smallest absolute Gasteiger partial charge is 0.137 e. The topological polar surface area (TPSA) is 55.8 Å². The summed E-state index contributed by atoms with van der Waals surface area (Å²) in [7, 11) is 0. The Kier molecular flexibility index (Phi) is 6.07. The number of fused-ring (bicyclic) bond motifs is 4. The van der Waals surface area contributed by atoms with Crippen LogP contribution in [0.4, 0.5) is 9.18 Å². The molecular weight excluding hydrogens is 443 g/mol. The molecule has 2 aromatic carbocycles. The normalized spacial score (nSPS) is 26.6. The van der Waals surface area contributed by atoms with E-state index in [4.69, 9.17) is 4.74 Å². The molecule has 3 heterocycles. The van der Waals surface area contributed by atoms with Gasteiger partial charge in [0.1, 0.15) is 17.7 Å². The molecule has 6 rings (SSSR count). The highest BCUT2D eigenvalue weighted by Crippen LogP contribution is 2.52. The average molecular weight is 480 g/mol. The first-order valence-corrected chi connectivity index (χ1v) is 12.9. The molecule has 0 N–H and O–H groups in total. The summed E-state index contributed by atoms with van der Waals surface area (Å²) in [6.45, 7) is 12.9. The second kappa shape index (κ2) is 8.81. The maximum atomic E-state index is 15.7. The number of nitrogens with zero attached hydrogens (tertiary/aromatic N) is 2. The van der Waals surface area contributed by atoms with Gasteiger partial charge in [-0.15, -0.1) is 0 Å². The molecule has 0 aromatic heterocycles. The fourth-order valence-electron chi connectivity index (χ4n) is 6.75. The third-order valence-electron chi connectivity index (χ3n) is 8.24. The van der Waals surface area contributed by atoms with Gasteiger partial charge in [-0.2, -0.15) is 0 Å². The van der Waals surface area contributed by atoms with E-state index < -0.39 is 12.1 Å². The molecule has 0 spiro atoms. The molecule has 1 amide bonds. The number of rotatable bonds is 5. The number of hydrogen-bond acceptors (Lipinski definition) is 4. The van der Waals surface area contributed by atoms with Crippen molar-refractivity contribution in [3.05, 3.63) is 52.8 Å². The summed E-state index contributed by atoms with van der Waals surface area (Å²) in [5.41, 5.74) is 3.77. The molecule has 1 aliphatic carbocycles. The van der Waals surface area contributed by atoms with Crippen molar-refractivity contribution in [2.45, 2.75) is 72.1 Å². The van der Waals surface area contributed by atoms with Gasteiger partial charge in [-0.1, -0.05) is 19.9 Å². The van der Waals surface area contributed by atoms with Gasteiger partial charge in [0.15, 0.2) is 0 Å². The highest BCUT2D eigenvalue weighted by molar-refractivity contribution is 5.71. The van der Waals surface area contributed by atoms with Crippen molar-refractivity contribution >= 4 is 6.09 Å². The van der Waals surface area contributed by atoms with Gasteiger partial charge in [0.05, 0.1) is 12.1 Å². The number of halogens is 1. The second-order valence-corrected chi connectivity index (χ2v) is 11.6. The largest absolute Gasteiger partial charge is 0.530 e. The first-order chi connectivity index (χ1) is 16.5. The van der Waals surface area contributed by atoms with Crippen molar-refractivity contribution in [1.29, 1.82) is 0 Å². The number of hydrogen-bond donors (Lipinski definition) is 0. The molecule has 2 aromatic rings. The Morgan fingerprint density at radius 3 is 2.46 bits per heavy atom. The van der Waals surface area contributed by atoms with Crippen LogP contribution in [0.1, 0.15) is 63.3 Å². The summed E-state index contributed by atoms with van der Waals surface area (Å²) in [4.78, 5) is 16.5. The third-order valence-corrected chi connectivity index (χ3v) is 8.24. The predicted octanol–water partition coefficient (Wildman–Crippen LogP) is 4.95. The van der Waals surface area contributed by atoms with Gasteiger partial charge in [0, 0.05) is 18.2 Å². The number of ether oxygens (including phenoxy) is 1. The van der Waals surface area contributed by atoms with E-state index in [9.17, 15) is 9.90 Å². The van der Waals surface area contributed by atoms with Crippen molar-refractivity contribution in [1.82, 2.24) is 9.80 Å². The number of carbonyl (C=O) groups is 1. The lowest BCUT2D eigenvalue weighted by Crippen LogP contribution is -2.62. The zero-order valence-corrected chi connectivity index (χ0v) is 21.4. The van der Waals surface area contributed by atoms with E-state index in [1.54, 1.807) is 11.0 Å². The summed E-state index contributed by atoms with van der Waals surface area (Å²) >= 11 is 0. The maximum absolute atomic E-state index is 15.7. The SMILES string of the molecule is Cc1cc(OC(C)C)ccc1-c1cc2c(cc1F)[C@H](N(C(=O)[O-])[C@@H]1CN3CCC1CC3)C(C)(C)C2. The molecule has 35 heavy (non-hydrogen) atoms. The summed E-state index contributed by atoms with van der Waals surface area (Å²) in [6.07, 6.45) is 1.64. The van der Waals surface area contributed by atoms with Crippen LogP contribution in [-0.4, -0.2) is 47.7 Å². The monoisotopic (exact) mass is 479 g/mol. The molecule has 3 saturated heterocycles. The van der Waals surface area contributed by atoms with Crippen LogP contribution in [-0.2, 0) is 6.42 Å². The highest BCUT2D eigenvalue weighted by Gasteiger charge is 2.48. The number of aryl methyl sites for hydroxylation is 1. The van der Waals surface area contributed by atoms with Crippen LogP contribution in [0.5, 0.6) is 5.75 Å². The molecule has 3 aliphatic heterocycles. The van der Waals surface area contributed by atoms with Crippen molar-refractivity contribution in [2.24, 2.45) is 11.3 Å². The summed E-state index contributed by atoms with van der Waals surface area (Å²) in [6, 6.07) is 8.74. The van der Waals surface area contributed by atoms with Gasteiger partial charge in [-0.3, -0.25) is 0 Å². The summed E-state index contributed by atoms with van der Waals surface area (Å²) in [5, 5.41) is 12.6. The Labute approximate surface area is 207 Å². The zero-order chi connectivity index (χ0) is 25.1. The van der Waals surface area contributed by atoms with E-state index >= 15 is 4.39 Å². The van der Waals surface area contributed by atoms with Crippen molar-refractivity contribution in [3.8, 4) is 16.9 Å². The fraction of sp³-hybridized carbons (Fsp3) is 0.552. The van der Waals surface area contributed by atoms with Crippen LogP contribution in [0.2, 0.25) is 0 Å². The zero-order valence-electron chi connectivity index (χ0n) is 21.4. The molecule has 0 saturated carbocycles. The average Bonchev–Trinajstić information content (AvgIpc) is 3.03. The van der Waals surface area contributed by atoms with Crippen LogP contribution in [0.15, 0.2) is 30.3 Å².